The number of phenols is 1. The summed E-state index contributed by atoms with van der Waals surface area (Å²) in [6.07, 6.45) is 7.12. The minimum absolute atomic E-state index is 0.0944. The average Bonchev–Trinajstić information content (AvgIpc) is 3.29. The molecule has 2 aromatic carbocycles. The summed E-state index contributed by atoms with van der Waals surface area (Å²) in [6, 6.07) is 15.3. The third-order valence-corrected chi connectivity index (χ3v) is 4.52. The Morgan fingerprint density at radius 1 is 1.00 bits per heavy atom. The second kappa shape index (κ2) is 7.82. The number of hydrogen-bond donors (Lipinski definition) is 2. The van der Waals surface area contributed by atoms with Crippen LogP contribution >= 0.6 is 0 Å². The molecule has 4 aromatic rings. The van der Waals surface area contributed by atoms with E-state index in [1.165, 1.54) is 6.07 Å². The summed E-state index contributed by atoms with van der Waals surface area (Å²) in [7, 11) is 0. The molecule has 0 aliphatic carbocycles. The summed E-state index contributed by atoms with van der Waals surface area (Å²) in [5, 5.41) is 12.9. The van der Waals surface area contributed by atoms with Gasteiger partial charge < -0.3 is 14.8 Å². The van der Waals surface area contributed by atoms with Crippen LogP contribution in [0, 0.1) is 0 Å². The van der Waals surface area contributed by atoms with Gasteiger partial charge in [0.25, 0.3) is 5.91 Å². The van der Waals surface area contributed by atoms with E-state index in [0.29, 0.717) is 17.5 Å². The van der Waals surface area contributed by atoms with Crippen LogP contribution in [0.3, 0.4) is 0 Å². The topological polar surface area (TPSA) is 92.4 Å². The van der Waals surface area contributed by atoms with Crippen molar-refractivity contribution in [1.82, 2.24) is 4.98 Å². The van der Waals surface area contributed by atoms with Crippen LogP contribution in [0.5, 0.6) is 5.75 Å². The van der Waals surface area contributed by atoms with E-state index in [9.17, 15) is 14.7 Å². The lowest BCUT2D eigenvalue weighted by atomic mass is 10.0. The van der Waals surface area contributed by atoms with E-state index in [1.807, 2.05) is 6.07 Å². The number of carbonyl (C=O) groups excluding carboxylic acids is 2. The van der Waals surface area contributed by atoms with Crippen LogP contribution in [0.15, 0.2) is 83.9 Å². The highest BCUT2D eigenvalue weighted by molar-refractivity contribution is 6.09. The molecular formula is C23H16N2O4. The Balaban J connectivity index is 1.68. The molecule has 0 atom stereocenters. The highest BCUT2D eigenvalue weighted by Crippen LogP contribution is 2.29. The number of aldehydes is 1. The van der Waals surface area contributed by atoms with E-state index < -0.39 is 5.91 Å². The number of amides is 1. The van der Waals surface area contributed by atoms with Crippen LogP contribution in [0.25, 0.3) is 22.3 Å². The molecule has 0 fully saturated rings. The van der Waals surface area contributed by atoms with Gasteiger partial charge in [-0.05, 0) is 47.5 Å². The summed E-state index contributed by atoms with van der Waals surface area (Å²) in [4.78, 5) is 28.4. The quantitative estimate of drug-likeness (QED) is 0.483. The molecular weight excluding hydrogens is 368 g/mol. The van der Waals surface area contributed by atoms with Gasteiger partial charge >= 0.3 is 0 Å². The number of pyridine rings is 1. The largest absolute Gasteiger partial charge is 0.507 e. The highest BCUT2D eigenvalue weighted by atomic mass is 16.3. The van der Waals surface area contributed by atoms with Gasteiger partial charge in [0.2, 0.25) is 0 Å². The first kappa shape index (κ1) is 18.2. The fraction of sp³-hybridized carbons (Fsp3) is 0. The normalized spacial score (nSPS) is 10.5. The minimum atomic E-state index is -0.527. The van der Waals surface area contributed by atoms with Crippen molar-refractivity contribution in [3.05, 3.63) is 90.6 Å². The van der Waals surface area contributed by atoms with Crippen molar-refractivity contribution in [2.75, 3.05) is 5.32 Å². The molecule has 0 radical (unpaired) electrons. The number of aromatic hydroxyl groups is 1. The molecule has 0 spiro atoms. The minimum Gasteiger partial charge on any atom is -0.507 e. The highest BCUT2D eigenvalue weighted by Gasteiger charge is 2.15. The Hall–Kier alpha value is -4.19. The van der Waals surface area contributed by atoms with E-state index in [4.69, 9.17) is 4.42 Å². The van der Waals surface area contributed by atoms with E-state index in [0.717, 1.165) is 22.3 Å². The molecule has 29 heavy (non-hydrogen) atoms. The number of rotatable bonds is 5. The number of nitrogens with one attached hydrogen (secondary N) is 1. The molecule has 0 unspecified atom stereocenters. The lowest BCUT2D eigenvalue weighted by molar-refractivity contribution is 0.102. The molecule has 1 amide bonds. The number of hydrogen-bond acceptors (Lipinski definition) is 5. The van der Waals surface area contributed by atoms with Gasteiger partial charge in [0.1, 0.15) is 5.75 Å². The molecule has 2 aromatic heterocycles. The number of carbonyl (C=O) groups is 2. The van der Waals surface area contributed by atoms with Crippen molar-refractivity contribution in [2.45, 2.75) is 0 Å². The fourth-order valence-electron chi connectivity index (χ4n) is 3.00. The smallest absolute Gasteiger partial charge is 0.259 e. The van der Waals surface area contributed by atoms with Gasteiger partial charge in [-0.1, -0.05) is 18.2 Å². The van der Waals surface area contributed by atoms with E-state index in [1.54, 1.807) is 67.4 Å². The van der Waals surface area contributed by atoms with Crippen LogP contribution in [-0.4, -0.2) is 22.3 Å². The predicted molar refractivity (Wildman–Crippen MR) is 109 cm³/mol. The van der Waals surface area contributed by atoms with Crippen molar-refractivity contribution in [3.8, 4) is 28.0 Å². The first-order valence-corrected chi connectivity index (χ1v) is 8.82. The maximum atomic E-state index is 12.9. The van der Waals surface area contributed by atoms with Crippen molar-refractivity contribution >= 4 is 17.9 Å². The predicted octanol–water partition coefficient (Wildman–Crippen LogP) is 4.78. The Labute approximate surface area is 166 Å². The third kappa shape index (κ3) is 3.77. The molecule has 2 heterocycles. The second-order valence-corrected chi connectivity index (χ2v) is 6.36. The molecule has 0 saturated carbocycles. The van der Waals surface area contributed by atoms with Gasteiger partial charge in [0.15, 0.2) is 6.29 Å². The molecule has 142 valence electrons. The van der Waals surface area contributed by atoms with Gasteiger partial charge in [-0.2, -0.15) is 0 Å². The standard InChI is InChI=1S/C23H16N2O4/c26-13-18-4-3-16(19-7-9-29-14-19)11-21(18)25-23(28)20-10-15(5-6-22(20)27)17-2-1-8-24-12-17/h1-14,27H,(H,25,28). The Kier molecular flexibility index (Phi) is 4.90. The Bertz CT molecular complexity index is 1170. The van der Waals surface area contributed by atoms with E-state index in [-0.39, 0.29) is 11.3 Å². The first-order valence-electron chi connectivity index (χ1n) is 8.82. The number of furan rings is 1. The SMILES string of the molecule is O=Cc1ccc(-c2ccoc2)cc1NC(=O)c1cc(-c2cccnc2)ccc1O. The van der Waals surface area contributed by atoms with E-state index in [2.05, 4.69) is 10.3 Å². The monoisotopic (exact) mass is 384 g/mol. The molecule has 2 N–H and O–H groups in total. The summed E-state index contributed by atoms with van der Waals surface area (Å²) >= 11 is 0. The summed E-state index contributed by atoms with van der Waals surface area (Å²) in [5.41, 5.74) is 3.92. The molecule has 0 aliphatic heterocycles. The molecule has 0 bridgehead atoms. The molecule has 0 aliphatic rings. The molecule has 4 rings (SSSR count). The molecule has 6 nitrogen and oxygen atoms in total. The maximum Gasteiger partial charge on any atom is 0.259 e. The van der Waals surface area contributed by atoms with Crippen LogP contribution in [0.1, 0.15) is 20.7 Å². The number of nitrogens with zero attached hydrogens (tertiary/aromatic N) is 1. The molecule has 6 heteroatoms. The lowest BCUT2D eigenvalue weighted by Crippen LogP contribution is -2.13. The van der Waals surface area contributed by atoms with Gasteiger partial charge in [-0.15, -0.1) is 0 Å². The van der Waals surface area contributed by atoms with Crippen molar-refractivity contribution in [3.63, 3.8) is 0 Å². The Morgan fingerprint density at radius 3 is 2.55 bits per heavy atom. The Morgan fingerprint density at radius 2 is 1.83 bits per heavy atom. The fourth-order valence-corrected chi connectivity index (χ4v) is 3.00. The van der Waals surface area contributed by atoms with E-state index >= 15 is 0 Å². The van der Waals surface area contributed by atoms with Gasteiger partial charge in [-0.3, -0.25) is 14.6 Å². The van der Waals surface area contributed by atoms with Crippen LogP contribution in [0.2, 0.25) is 0 Å². The maximum absolute atomic E-state index is 12.9. The van der Waals surface area contributed by atoms with Gasteiger partial charge in [0, 0.05) is 29.1 Å². The van der Waals surface area contributed by atoms with Crippen LogP contribution in [0.4, 0.5) is 5.69 Å². The zero-order valence-electron chi connectivity index (χ0n) is 15.2. The lowest BCUT2D eigenvalue weighted by Gasteiger charge is -2.12. The number of anilines is 1. The van der Waals surface area contributed by atoms with Crippen LogP contribution in [-0.2, 0) is 0 Å². The zero-order valence-corrected chi connectivity index (χ0v) is 15.2. The molecule has 0 saturated heterocycles. The summed E-state index contributed by atoms with van der Waals surface area (Å²) in [5.74, 6) is -0.686. The van der Waals surface area contributed by atoms with Gasteiger partial charge in [-0.25, -0.2) is 0 Å². The van der Waals surface area contributed by atoms with Gasteiger partial charge in [0.05, 0.1) is 23.8 Å². The number of benzene rings is 2. The zero-order chi connectivity index (χ0) is 20.2. The number of phenolic OH excluding ortho intramolecular Hbond substituents is 1. The van der Waals surface area contributed by atoms with Crippen LogP contribution < -0.4 is 5.32 Å². The summed E-state index contributed by atoms with van der Waals surface area (Å²) < 4.78 is 5.09. The van der Waals surface area contributed by atoms with Crippen molar-refractivity contribution in [1.29, 1.82) is 0 Å². The average molecular weight is 384 g/mol. The number of aromatic nitrogens is 1. The third-order valence-electron chi connectivity index (χ3n) is 4.52. The first-order chi connectivity index (χ1) is 14.2. The van der Waals surface area contributed by atoms with Crippen molar-refractivity contribution in [2.24, 2.45) is 0 Å². The summed E-state index contributed by atoms with van der Waals surface area (Å²) in [6.45, 7) is 0. The second-order valence-electron chi connectivity index (χ2n) is 6.36. The van der Waals surface area contributed by atoms with Crippen molar-refractivity contribution < 1.29 is 19.1 Å².